The number of allylic oxidation sites excluding steroid dienone is 6. The van der Waals surface area contributed by atoms with Crippen molar-refractivity contribution in [2.75, 3.05) is 0 Å². The Balaban J connectivity index is 0.00000192. The van der Waals surface area contributed by atoms with Gasteiger partial charge >= 0.3 is 0 Å². The molecule has 2 aliphatic carbocycles. The summed E-state index contributed by atoms with van der Waals surface area (Å²) in [6, 6.07) is 9.04. The van der Waals surface area contributed by atoms with Crippen molar-refractivity contribution in [1.82, 2.24) is 0 Å². The largest absolute Gasteiger partial charge is 0.0829 e. The molecule has 1 aromatic carbocycles. The Morgan fingerprint density at radius 2 is 1.40 bits per heavy atom. The molecule has 0 heterocycles. The smallest absolute Gasteiger partial charge is 0.0382 e. The molecule has 1 spiro atoms. The van der Waals surface area contributed by atoms with Gasteiger partial charge in [0.05, 0.1) is 0 Å². The van der Waals surface area contributed by atoms with E-state index in [2.05, 4.69) is 90.1 Å². The molecule has 0 amide bonds. The first-order valence-corrected chi connectivity index (χ1v) is 8.51. The molecule has 1 aromatic rings. The lowest BCUT2D eigenvalue weighted by molar-refractivity contribution is 0.173. The van der Waals surface area contributed by atoms with E-state index in [-0.39, 0.29) is 38.5 Å². The second kappa shape index (κ2) is 7.36. The topological polar surface area (TPSA) is 0 Å². The fourth-order valence-corrected chi connectivity index (χ4v) is 5.22. The Hall–Kier alpha value is -1.56. The summed E-state index contributed by atoms with van der Waals surface area (Å²) < 4.78 is 0. The Morgan fingerprint density at radius 1 is 0.880 bits per heavy atom. The fourth-order valence-electron chi connectivity index (χ4n) is 5.22. The van der Waals surface area contributed by atoms with Gasteiger partial charge in [0.25, 0.3) is 0 Å². The SMILES string of the molecule is C.C.C.C/C=C1\C(=C/CC)c2ccccc2C12C(C)(C)C=CC2(C)C. The normalized spacial score (nSPS) is 23.8. The van der Waals surface area contributed by atoms with Gasteiger partial charge in [-0.3, -0.25) is 0 Å². The van der Waals surface area contributed by atoms with Crippen LogP contribution in [-0.2, 0) is 5.41 Å². The minimum Gasteiger partial charge on any atom is -0.0829 e. The third kappa shape index (κ3) is 2.65. The molecule has 0 heteroatoms. The van der Waals surface area contributed by atoms with Crippen molar-refractivity contribution < 1.29 is 0 Å². The second-order valence-corrected chi connectivity index (χ2v) is 7.80. The van der Waals surface area contributed by atoms with Crippen LogP contribution in [0.4, 0.5) is 0 Å². The maximum atomic E-state index is 2.43. The minimum atomic E-state index is 0. The van der Waals surface area contributed by atoms with E-state index in [9.17, 15) is 0 Å². The maximum absolute atomic E-state index is 2.43. The van der Waals surface area contributed by atoms with Crippen molar-refractivity contribution >= 4 is 5.57 Å². The van der Waals surface area contributed by atoms with E-state index in [0.29, 0.717) is 0 Å². The summed E-state index contributed by atoms with van der Waals surface area (Å²) in [5, 5.41) is 0. The third-order valence-electron chi connectivity index (χ3n) is 5.86. The van der Waals surface area contributed by atoms with Gasteiger partial charge in [-0.1, -0.05) is 105 Å². The zero-order valence-corrected chi connectivity index (χ0v) is 14.8. The molecule has 25 heavy (non-hydrogen) atoms. The van der Waals surface area contributed by atoms with Gasteiger partial charge < -0.3 is 0 Å². The highest BCUT2D eigenvalue weighted by molar-refractivity contribution is 5.91. The van der Waals surface area contributed by atoms with Crippen molar-refractivity contribution in [3.05, 3.63) is 65.3 Å². The average molecular weight is 341 g/mol. The molecule has 140 valence electrons. The molecule has 0 aliphatic heterocycles. The van der Waals surface area contributed by atoms with Gasteiger partial charge in [-0.05, 0) is 46.4 Å². The molecule has 0 saturated carbocycles. The molecule has 0 nitrogen and oxygen atoms in total. The number of benzene rings is 1. The van der Waals surface area contributed by atoms with Crippen LogP contribution in [0, 0.1) is 10.8 Å². The van der Waals surface area contributed by atoms with E-state index in [1.54, 1.807) is 0 Å². The minimum absolute atomic E-state index is 0. The lowest BCUT2D eigenvalue weighted by atomic mass is 9.53. The zero-order valence-electron chi connectivity index (χ0n) is 14.8. The summed E-state index contributed by atoms with van der Waals surface area (Å²) in [5.41, 5.74) is 6.15. The van der Waals surface area contributed by atoms with Gasteiger partial charge in [0, 0.05) is 5.41 Å². The van der Waals surface area contributed by atoms with Crippen molar-refractivity contribution in [3.8, 4) is 0 Å². The molecular weight excluding hydrogens is 300 g/mol. The standard InChI is InChI=1S/C22H28.3CH4/c1-7-11-16-17-12-9-10-13-19(17)22(18(16)8-2)20(3,4)14-15-21(22,5)6;;;/h8-15H,7H2,1-6H3;3*1H4/b16-11-,18-8+;;;. The van der Waals surface area contributed by atoms with Gasteiger partial charge in [-0.15, -0.1) is 0 Å². The molecule has 0 bridgehead atoms. The molecular formula is C25H40. The van der Waals surface area contributed by atoms with E-state index in [1.807, 2.05) is 0 Å². The molecule has 0 radical (unpaired) electrons. The number of hydrogen-bond donors (Lipinski definition) is 0. The first-order valence-electron chi connectivity index (χ1n) is 8.51. The number of hydrogen-bond acceptors (Lipinski definition) is 0. The summed E-state index contributed by atoms with van der Waals surface area (Å²) >= 11 is 0. The highest BCUT2D eigenvalue weighted by Gasteiger charge is 2.63. The van der Waals surface area contributed by atoms with Crippen molar-refractivity contribution in [2.24, 2.45) is 10.8 Å². The molecule has 0 unspecified atom stereocenters. The molecule has 0 N–H and O–H groups in total. The molecule has 0 fully saturated rings. The Morgan fingerprint density at radius 3 is 1.88 bits per heavy atom. The summed E-state index contributed by atoms with van der Waals surface area (Å²) in [7, 11) is 0. The van der Waals surface area contributed by atoms with Gasteiger partial charge in [0.2, 0.25) is 0 Å². The van der Waals surface area contributed by atoms with Crippen LogP contribution in [-0.4, -0.2) is 0 Å². The number of rotatable bonds is 1. The van der Waals surface area contributed by atoms with Crippen LogP contribution in [0.15, 0.2) is 54.1 Å². The van der Waals surface area contributed by atoms with E-state index < -0.39 is 0 Å². The van der Waals surface area contributed by atoms with Crippen LogP contribution < -0.4 is 0 Å². The van der Waals surface area contributed by atoms with Crippen LogP contribution in [0.2, 0.25) is 0 Å². The van der Waals surface area contributed by atoms with Gasteiger partial charge in [-0.2, -0.15) is 0 Å². The average Bonchev–Trinajstić information content (AvgIpc) is 2.87. The predicted octanol–water partition coefficient (Wildman–Crippen LogP) is 8.21. The first kappa shape index (κ1) is 23.4. The molecule has 0 aromatic heterocycles. The zero-order chi connectivity index (χ0) is 16.2. The molecule has 3 rings (SSSR count). The first-order chi connectivity index (χ1) is 10.3. The van der Waals surface area contributed by atoms with E-state index >= 15 is 0 Å². The van der Waals surface area contributed by atoms with Gasteiger partial charge in [0.15, 0.2) is 0 Å². The molecule has 0 saturated heterocycles. The van der Waals surface area contributed by atoms with Crippen LogP contribution in [0.1, 0.15) is 81.4 Å². The molecule has 0 atom stereocenters. The lowest BCUT2D eigenvalue weighted by Crippen LogP contribution is -2.47. The number of fused-ring (bicyclic) bond motifs is 2. The second-order valence-electron chi connectivity index (χ2n) is 7.80. The van der Waals surface area contributed by atoms with E-state index in [1.165, 1.54) is 22.3 Å². The summed E-state index contributed by atoms with van der Waals surface area (Å²) in [5.74, 6) is 0. The van der Waals surface area contributed by atoms with E-state index in [0.717, 1.165) is 6.42 Å². The Kier molecular flexibility index (Phi) is 6.90. The van der Waals surface area contributed by atoms with Crippen LogP contribution in [0.25, 0.3) is 5.57 Å². The van der Waals surface area contributed by atoms with Crippen LogP contribution in [0.3, 0.4) is 0 Å². The Labute approximate surface area is 157 Å². The quantitative estimate of drug-likeness (QED) is 0.452. The summed E-state index contributed by atoms with van der Waals surface area (Å²) in [6.07, 6.45) is 10.7. The van der Waals surface area contributed by atoms with Crippen molar-refractivity contribution in [3.63, 3.8) is 0 Å². The van der Waals surface area contributed by atoms with Crippen molar-refractivity contribution in [2.45, 2.75) is 75.7 Å². The summed E-state index contributed by atoms with van der Waals surface area (Å²) in [4.78, 5) is 0. The molecule has 2 aliphatic rings. The highest BCUT2D eigenvalue weighted by Crippen LogP contribution is 2.69. The van der Waals surface area contributed by atoms with Crippen molar-refractivity contribution in [1.29, 1.82) is 0 Å². The van der Waals surface area contributed by atoms with Crippen LogP contribution >= 0.6 is 0 Å². The summed E-state index contributed by atoms with van der Waals surface area (Å²) in [6.45, 7) is 14.0. The monoisotopic (exact) mass is 340 g/mol. The fraction of sp³-hybridized carbons (Fsp3) is 0.520. The van der Waals surface area contributed by atoms with E-state index in [4.69, 9.17) is 0 Å². The van der Waals surface area contributed by atoms with Gasteiger partial charge in [-0.25, -0.2) is 0 Å². The van der Waals surface area contributed by atoms with Gasteiger partial charge in [0.1, 0.15) is 0 Å². The third-order valence-corrected chi connectivity index (χ3v) is 5.86. The predicted molar refractivity (Wildman–Crippen MR) is 117 cm³/mol. The Bertz CT molecular complexity index is 675. The highest BCUT2D eigenvalue weighted by atomic mass is 14.6. The maximum Gasteiger partial charge on any atom is 0.0382 e. The lowest BCUT2D eigenvalue weighted by Gasteiger charge is -2.49. The van der Waals surface area contributed by atoms with Crippen LogP contribution in [0.5, 0.6) is 0 Å².